The van der Waals surface area contributed by atoms with Crippen molar-refractivity contribution in [1.29, 1.82) is 0 Å². The number of hydrogen-bond donors (Lipinski definition) is 2. The Morgan fingerprint density at radius 3 is 2.18 bits per heavy atom. The molecule has 0 spiro atoms. The van der Waals surface area contributed by atoms with Gasteiger partial charge in [-0.3, -0.25) is 0 Å². The lowest BCUT2D eigenvalue weighted by molar-refractivity contribution is -0.156. The minimum absolute atomic E-state index is 0.00995. The first kappa shape index (κ1) is 18.2. The van der Waals surface area contributed by atoms with E-state index in [-0.39, 0.29) is 24.9 Å². The van der Waals surface area contributed by atoms with E-state index in [1.807, 2.05) is 0 Å². The lowest BCUT2D eigenvalue weighted by Gasteiger charge is -2.18. The fourth-order valence-corrected chi connectivity index (χ4v) is 1.62. The molecule has 1 rings (SSSR count). The number of ether oxygens (including phenoxy) is 5. The van der Waals surface area contributed by atoms with Crippen LogP contribution in [0.15, 0.2) is 18.2 Å². The molecule has 0 bridgehead atoms. The number of benzene rings is 1. The predicted molar refractivity (Wildman–Crippen MR) is 74.4 cm³/mol. The molecule has 22 heavy (non-hydrogen) atoms. The highest BCUT2D eigenvalue weighted by Crippen LogP contribution is 2.31. The van der Waals surface area contributed by atoms with Gasteiger partial charge in [0, 0.05) is 14.2 Å². The zero-order valence-electron chi connectivity index (χ0n) is 12.6. The van der Waals surface area contributed by atoms with E-state index in [0.717, 1.165) is 7.11 Å². The number of carbonyl (C=O) groups excluding carboxylic acids is 1. The summed E-state index contributed by atoms with van der Waals surface area (Å²) in [6.07, 6.45) is -3.17. The Morgan fingerprint density at radius 2 is 1.64 bits per heavy atom. The van der Waals surface area contributed by atoms with E-state index in [9.17, 15) is 15.0 Å². The molecule has 0 aliphatic rings. The van der Waals surface area contributed by atoms with E-state index in [2.05, 4.69) is 4.74 Å². The third-order valence-corrected chi connectivity index (χ3v) is 2.72. The van der Waals surface area contributed by atoms with Crippen molar-refractivity contribution in [2.75, 3.05) is 34.9 Å². The molecule has 0 saturated heterocycles. The van der Waals surface area contributed by atoms with E-state index in [1.165, 1.54) is 32.4 Å². The van der Waals surface area contributed by atoms with Crippen LogP contribution in [0.2, 0.25) is 0 Å². The van der Waals surface area contributed by atoms with Crippen LogP contribution in [-0.2, 0) is 19.0 Å². The van der Waals surface area contributed by atoms with E-state index in [1.54, 1.807) is 0 Å². The van der Waals surface area contributed by atoms with Crippen molar-refractivity contribution in [3.05, 3.63) is 23.8 Å². The van der Waals surface area contributed by atoms with Crippen molar-refractivity contribution >= 4 is 5.97 Å². The second kappa shape index (κ2) is 9.21. The molecule has 1 aromatic rings. The normalized spacial score (nSPS) is 13.3. The molecular formula is C14H20O8. The monoisotopic (exact) mass is 316 g/mol. The third-order valence-electron chi connectivity index (χ3n) is 2.72. The maximum Gasteiger partial charge on any atom is 0.337 e. The Balaban J connectivity index is 2.98. The maximum atomic E-state index is 11.3. The second-order valence-corrected chi connectivity index (χ2v) is 4.22. The first-order valence-electron chi connectivity index (χ1n) is 6.36. The van der Waals surface area contributed by atoms with E-state index < -0.39 is 18.2 Å². The summed E-state index contributed by atoms with van der Waals surface area (Å²) in [4.78, 5) is 11.3. The molecule has 2 N–H and O–H groups in total. The summed E-state index contributed by atoms with van der Waals surface area (Å²) in [7, 11) is 4.04. The Morgan fingerprint density at radius 1 is 1.05 bits per heavy atom. The summed E-state index contributed by atoms with van der Waals surface area (Å²) in [6.45, 7) is -0.0293. The fourth-order valence-electron chi connectivity index (χ4n) is 1.62. The van der Waals surface area contributed by atoms with Crippen LogP contribution in [0, 0.1) is 0 Å². The van der Waals surface area contributed by atoms with E-state index >= 15 is 0 Å². The number of carbonyl (C=O) groups is 1. The highest BCUT2D eigenvalue weighted by Gasteiger charge is 2.27. The quantitative estimate of drug-likeness (QED) is 0.492. The number of aliphatic hydroxyl groups excluding tert-OH is 2. The van der Waals surface area contributed by atoms with Crippen LogP contribution in [-0.4, -0.2) is 57.2 Å². The van der Waals surface area contributed by atoms with Crippen LogP contribution in [0.5, 0.6) is 11.5 Å². The van der Waals surface area contributed by atoms with Crippen molar-refractivity contribution < 1.29 is 38.7 Å². The van der Waals surface area contributed by atoms with Crippen LogP contribution in [0.4, 0.5) is 0 Å². The second-order valence-electron chi connectivity index (χ2n) is 4.22. The average molecular weight is 316 g/mol. The van der Waals surface area contributed by atoms with Gasteiger partial charge in [0.15, 0.2) is 31.2 Å². The van der Waals surface area contributed by atoms with Crippen LogP contribution in [0.25, 0.3) is 0 Å². The van der Waals surface area contributed by atoms with Crippen molar-refractivity contribution in [3.8, 4) is 11.5 Å². The molecular weight excluding hydrogens is 296 g/mol. The smallest absolute Gasteiger partial charge is 0.337 e. The van der Waals surface area contributed by atoms with Crippen molar-refractivity contribution in [3.63, 3.8) is 0 Å². The zero-order valence-corrected chi connectivity index (χ0v) is 12.6. The summed E-state index contributed by atoms with van der Waals surface area (Å²) in [5.74, 6) is -0.304. The van der Waals surface area contributed by atoms with Gasteiger partial charge in [0.1, 0.15) is 6.10 Å². The first-order valence-corrected chi connectivity index (χ1v) is 6.36. The minimum Gasteiger partial charge on any atom is -0.467 e. The highest BCUT2D eigenvalue weighted by atomic mass is 16.7. The Bertz CT molecular complexity index is 476. The lowest BCUT2D eigenvalue weighted by atomic mass is 10.0. The van der Waals surface area contributed by atoms with E-state index in [0.29, 0.717) is 5.75 Å². The van der Waals surface area contributed by atoms with Crippen LogP contribution >= 0.6 is 0 Å². The molecule has 8 heteroatoms. The predicted octanol–water partition coefficient (Wildman–Crippen LogP) is 0.219. The highest BCUT2D eigenvalue weighted by molar-refractivity contribution is 5.75. The molecule has 0 saturated carbocycles. The molecule has 0 aromatic heterocycles. The average Bonchev–Trinajstić information content (AvgIpc) is 2.56. The Hall–Kier alpha value is -1.87. The molecule has 0 fully saturated rings. The van der Waals surface area contributed by atoms with Gasteiger partial charge in [-0.1, -0.05) is 6.07 Å². The first-order chi connectivity index (χ1) is 10.5. The number of aliphatic hydroxyl groups is 2. The molecule has 1 aromatic carbocycles. The van der Waals surface area contributed by atoms with Crippen molar-refractivity contribution in [2.45, 2.75) is 12.2 Å². The molecule has 0 aliphatic carbocycles. The van der Waals surface area contributed by atoms with Gasteiger partial charge in [0.2, 0.25) is 0 Å². The molecule has 8 nitrogen and oxygen atoms in total. The summed E-state index contributed by atoms with van der Waals surface area (Å²) in [5.41, 5.74) is 0.258. The molecule has 0 radical (unpaired) electrons. The number of rotatable bonds is 9. The molecule has 0 amide bonds. The summed E-state index contributed by atoms with van der Waals surface area (Å²) < 4.78 is 24.6. The number of esters is 1. The lowest BCUT2D eigenvalue weighted by Crippen LogP contribution is -2.29. The molecule has 0 unspecified atom stereocenters. The molecule has 124 valence electrons. The summed E-state index contributed by atoms with van der Waals surface area (Å²) >= 11 is 0. The van der Waals surface area contributed by atoms with Crippen molar-refractivity contribution in [2.24, 2.45) is 0 Å². The topological polar surface area (TPSA) is 104 Å². The van der Waals surface area contributed by atoms with E-state index in [4.69, 9.17) is 18.9 Å². The third kappa shape index (κ3) is 4.85. The number of hydrogen-bond acceptors (Lipinski definition) is 8. The molecule has 0 aliphatic heterocycles. The molecule has 0 heterocycles. The van der Waals surface area contributed by atoms with Crippen LogP contribution in [0.3, 0.4) is 0 Å². The zero-order chi connectivity index (χ0) is 16.5. The van der Waals surface area contributed by atoms with Gasteiger partial charge in [0.25, 0.3) is 0 Å². The van der Waals surface area contributed by atoms with Crippen molar-refractivity contribution in [1.82, 2.24) is 0 Å². The van der Waals surface area contributed by atoms with Gasteiger partial charge in [-0.05, 0) is 17.7 Å². The SMILES string of the molecule is COCOc1ccc([C@H](O)[C@@H](O)C(=O)OC)cc1OCOC. The van der Waals surface area contributed by atoms with Gasteiger partial charge < -0.3 is 33.9 Å². The van der Waals surface area contributed by atoms with Gasteiger partial charge >= 0.3 is 5.97 Å². The Labute approximate surface area is 128 Å². The molecule has 2 atom stereocenters. The Kier molecular flexibility index (Phi) is 7.61. The summed E-state index contributed by atoms with van der Waals surface area (Å²) in [5, 5.41) is 19.7. The van der Waals surface area contributed by atoms with Gasteiger partial charge in [-0.25, -0.2) is 4.79 Å². The maximum absolute atomic E-state index is 11.3. The van der Waals surface area contributed by atoms with Gasteiger partial charge in [-0.15, -0.1) is 0 Å². The minimum atomic E-state index is -1.70. The number of methoxy groups -OCH3 is 3. The van der Waals surface area contributed by atoms with Gasteiger partial charge in [-0.2, -0.15) is 0 Å². The van der Waals surface area contributed by atoms with Gasteiger partial charge in [0.05, 0.1) is 7.11 Å². The standard InChI is InChI=1S/C14H20O8/c1-18-7-21-10-5-4-9(6-11(10)22-8-19-2)12(15)13(16)14(17)20-3/h4-6,12-13,15-16H,7-8H2,1-3H3/t12-,13+/m0/s1. The largest absolute Gasteiger partial charge is 0.467 e. The van der Waals surface area contributed by atoms with Crippen LogP contribution in [0.1, 0.15) is 11.7 Å². The fraction of sp³-hybridized carbons (Fsp3) is 0.500. The summed E-state index contributed by atoms with van der Waals surface area (Å²) in [6, 6.07) is 4.44. The van der Waals surface area contributed by atoms with Crippen LogP contribution < -0.4 is 9.47 Å².